The largest absolute Gasteiger partial charge is 0.505 e. The molecule has 0 bridgehead atoms. The van der Waals surface area contributed by atoms with E-state index in [0.717, 1.165) is 0 Å². The molecule has 0 rings (SSSR count). The van der Waals surface area contributed by atoms with Gasteiger partial charge in [0.15, 0.2) is 5.84 Å². The Morgan fingerprint density at radius 3 is 2.00 bits per heavy atom. The lowest BCUT2D eigenvalue weighted by atomic mass is 10.5. The first-order chi connectivity index (χ1) is 2.64. The molecule has 6 heavy (non-hydrogen) atoms. The van der Waals surface area contributed by atoms with E-state index in [1.165, 1.54) is 0 Å². The fourth-order valence-electron chi connectivity index (χ4n) is 0. The maximum absolute atomic E-state index is 8.09. The molecule has 0 aliphatic rings. The molecule has 0 aliphatic carbocycles. The maximum atomic E-state index is 8.09. The summed E-state index contributed by atoms with van der Waals surface area (Å²) in [5.41, 5.74) is 4.67. The number of rotatable bonds is 1. The third kappa shape index (κ3) is 1.34. The van der Waals surface area contributed by atoms with E-state index in [0.29, 0.717) is 0 Å². The number of aliphatic hydroxyl groups is 1. The molecule has 0 aromatic rings. The summed E-state index contributed by atoms with van der Waals surface area (Å²) < 4.78 is 0. The number of amidine groups is 1. The zero-order chi connectivity index (χ0) is 5.15. The highest BCUT2D eigenvalue weighted by atomic mass is 16.3. The number of nitrogens with one attached hydrogen (secondary N) is 1. The van der Waals surface area contributed by atoms with Gasteiger partial charge in [0, 0.05) is 0 Å². The van der Waals surface area contributed by atoms with Crippen molar-refractivity contribution in [3.63, 3.8) is 0 Å². The first kappa shape index (κ1) is 5.01. The van der Waals surface area contributed by atoms with Gasteiger partial charge in [0.05, 0.1) is 0 Å². The molecule has 3 heteroatoms. The zero-order valence-electron chi connectivity index (χ0n) is 3.23. The Labute approximate surface area is 35.6 Å². The molecule has 4 N–H and O–H groups in total. The van der Waals surface area contributed by atoms with Gasteiger partial charge < -0.3 is 10.8 Å². The third-order valence-electron chi connectivity index (χ3n) is 0.311. The molecule has 0 amide bonds. The van der Waals surface area contributed by atoms with Crippen molar-refractivity contribution >= 4 is 5.84 Å². The minimum atomic E-state index is -0.380. The molecule has 0 saturated carbocycles. The Morgan fingerprint density at radius 1 is 1.83 bits per heavy atom. The molecule has 0 fully saturated rings. The molecule has 0 unspecified atom stereocenters. The van der Waals surface area contributed by atoms with Gasteiger partial charge in [-0.15, -0.1) is 0 Å². The topological polar surface area (TPSA) is 70.1 Å². The number of nitrogens with two attached hydrogens (primary N) is 1. The lowest BCUT2D eigenvalue weighted by Crippen LogP contribution is -2.10. The fraction of sp³-hybridized carbons (Fsp3) is 0. The lowest BCUT2D eigenvalue weighted by molar-refractivity contribution is 0.444. The molecule has 3 nitrogen and oxygen atoms in total. The predicted octanol–water partition coefficient (Wildman–Crippen LogP) is -0.00593. The summed E-state index contributed by atoms with van der Waals surface area (Å²) in [6.45, 7) is 2.96. The van der Waals surface area contributed by atoms with Crippen LogP contribution in [-0.2, 0) is 0 Å². The quantitative estimate of drug-likeness (QED) is 0.239. The third-order valence-corrected chi connectivity index (χ3v) is 0.311. The Bertz CT molecular complexity index is 74.8. The summed E-state index contributed by atoms with van der Waals surface area (Å²) in [7, 11) is 0. The van der Waals surface area contributed by atoms with Gasteiger partial charge in [-0.2, -0.15) is 0 Å². The van der Waals surface area contributed by atoms with Crippen LogP contribution in [0.15, 0.2) is 12.3 Å². The summed E-state index contributed by atoms with van der Waals surface area (Å²) in [6.07, 6.45) is 0. The summed E-state index contributed by atoms with van der Waals surface area (Å²) in [6, 6.07) is 0. The highest BCUT2D eigenvalue weighted by molar-refractivity contribution is 5.91. The van der Waals surface area contributed by atoms with E-state index < -0.39 is 0 Å². The van der Waals surface area contributed by atoms with E-state index in [2.05, 4.69) is 12.3 Å². The second kappa shape index (κ2) is 1.45. The van der Waals surface area contributed by atoms with Crippen LogP contribution in [-0.4, -0.2) is 10.9 Å². The van der Waals surface area contributed by atoms with E-state index >= 15 is 0 Å². The minimum absolute atomic E-state index is 0.380. The van der Waals surface area contributed by atoms with Gasteiger partial charge >= 0.3 is 0 Å². The molecular formula is C3H6N2O. The van der Waals surface area contributed by atoms with Crippen LogP contribution < -0.4 is 5.73 Å². The number of hydrogen-bond donors (Lipinski definition) is 3. The first-order valence-electron chi connectivity index (χ1n) is 1.37. The molecule has 0 saturated heterocycles. The minimum Gasteiger partial charge on any atom is -0.505 e. The van der Waals surface area contributed by atoms with Crippen LogP contribution in [0.25, 0.3) is 0 Å². The van der Waals surface area contributed by atoms with Crippen molar-refractivity contribution in [2.75, 3.05) is 0 Å². The molecule has 0 spiro atoms. The van der Waals surface area contributed by atoms with Crippen molar-refractivity contribution in [2.24, 2.45) is 5.73 Å². The van der Waals surface area contributed by atoms with Crippen LogP contribution in [0.3, 0.4) is 0 Å². The monoisotopic (exact) mass is 86.0 g/mol. The van der Waals surface area contributed by atoms with Crippen LogP contribution in [0.1, 0.15) is 0 Å². The second-order valence-corrected chi connectivity index (χ2v) is 0.860. The smallest absolute Gasteiger partial charge is 0.157 e. The van der Waals surface area contributed by atoms with Crippen LogP contribution in [0.2, 0.25) is 0 Å². The van der Waals surface area contributed by atoms with Gasteiger partial charge in [-0.25, -0.2) is 0 Å². The highest BCUT2D eigenvalue weighted by Crippen LogP contribution is 1.72. The summed E-state index contributed by atoms with van der Waals surface area (Å²) in [5, 5.41) is 14.5. The molecule has 0 aliphatic heterocycles. The highest BCUT2D eigenvalue weighted by Gasteiger charge is 1.84. The van der Waals surface area contributed by atoms with Crippen molar-refractivity contribution in [3.8, 4) is 0 Å². The first-order valence-corrected chi connectivity index (χ1v) is 1.37. The molecule has 34 valence electrons. The average molecular weight is 86.1 g/mol. The van der Waals surface area contributed by atoms with Crippen molar-refractivity contribution in [1.29, 1.82) is 5.41 Å². The van der Waals surface area contributed by atoms with Gasteiger partial charge in [-0.1, -0.05) is 6.58 Å². The predicted molar refractivity (Wildman–Crippen MR) is 23.7 cm³/mol. The van der Waals surface area contributed by atoms with Gasteiger partial charge in [0.2, 0.25) is 0 Å². The molecule has 0 atom stereocenters. The van der Waals surface area contributed by atoms with E-state index in [1.54, 1.807) is 0 Å². The SMILES string of the molecule is C=C(O)C(=N)N. The van der Waals surface area contributed by atoms with Gasteiger partial charge in [0.25, 0.3) is 0 Å². The Kier molecular flexibility index (Phi) is 1.21. The average Bonchev–Trinajstić information content (AvgIpc) is 1.36. The normalized spacial score (nSPS) is 7.33. The van der Waals surface area contributed by atoms with Crippen LogP contribution >= 0.6 is 0 Å². The van der Waals surface area contributed by atoms with Crippen molar-refractivity contribution in [2.45, 2.75) is 0 Å². The standard InChI is InChI=1S/C3H6N2O/c1-2(6)3(4)5/h6H,1H2,(H3,4,5). The summed E-state index contributed by atoms with van der Waals surface area (Å²) in [5.74, 6) is -0.759. The second-order valence-electron chi connectivity index (χ2n) is 0.860. The Balaban J connectivity index is 3.57. The molecular weight excluding hydrogens is 80.0 g/mol. The summed E-state index contributed by atoms with van der Waals surface area (Å²) >= 11 is 0. The van der Waals surface area contributed by atoms with E-state index in [-0.39, 0.29) is 11.6 Å². The van der Waals surface area contributed by atoms with Crippen molar-refractivity contribution < 1.29 is 5.11 Å². The van der Waals surface area contributed by atoms with E-state index in [4.69, 9.17) is 10.5 Å². The van der Waals surface area contributed by atoms with Gasteiger partial charge in [-0.05, 0) is 0 Å². The number of hydrogen-bond acceptors (Lipinski definition) is 2. The molecule has 0 radical (unpaired) electrons. The Morgan fingerprint density at radius 2 is 2.00 bits per heavy atom. The lowest BCUT2D eigenvalue weighted by Gasteiger charge is -1.85. The molecule has 0 aromatic heterocycles. The van der Waals surface area contributed by atoms with Crippen molar-refractivity contribution in [3.05, 3.63) is 12.3 Å². The van der Waals surface area contributed by atoms with Gasteiger partial charge in [0.1, 0.15) is 5.76 Å². The van der Waals surface area contributed by atoms with Gasteiger partial charge in [-0.3, -0.25) is 5.41 Å². The molecule has 0 heterocycles. The van der Waals surface area contributed by atoms with Crippen LogP contribution in [0.4, 0.5) is 0 Å². The maximum Gasteiger partial charge on any atom is 0.157 e. The van der Waals surface area contributed by atoms with Crippen LogP contribution in [0.5, 0.6) is 0 Å². The van der Waals surface area contributed by atoms with E-state index in [9.17, 15) is 0 Å². The Hall–Kier alpha value is -0.990. The fourth-order valence-corrected chi connectivity index (χ4v) is 0. The summed E-state index contributed by atoms with van der Waals surface area (Å²) in [4.78, 5) is 0. The van der Waals surface area contributed by atoms with Crippen molar-refractivity contribution in [1.82, 2.24) is 0 Å². The zero-order valence-corrected chi connectivity index (χ0v) is 3.23. The number of aliphatic hydroxyl groups excluding tert-OH is 1. The van der Waals surface area contributed by atoms with Crippen LogP contribution in [0, 0.1) is 5.41 Å². The molecule has 0 aromatic carbocycles. The van der Waals surface area contributed by atoms with E-state index in [1.807, 2.05) is 0 Å².